The lowest BCUT2D eigenvalue weighted by Crippen LogP contribution is -2.11. The van der Waals surface area contributed by atoms with Crippen molar-refractivity contribution < 1.29 is 53.9 Å². The number of azo groups is 2. The maximum atomic E-state index is 13.2. The first kappa shape index (κ1) is 43.6. The lowest BCUT2D eigenvalue weighted by atomic mass is 10.1. The molecule has 22 heteroatoms. The highest BCUT2D eigenvalue weighted by molar-refractivity contribution is 7.87. The molecule has 0 radical (unpaired) electrons. The van der Waals surface area contributed by atoms with Crippen LogP contribution in [-0.2, 0) is 30.4 Å². The summed E-state index contributed by atoms with van der Waals surface area (Å²) in [5, 5.41) is 40.9. The number of anilines is 2. The van der Waals surface area contributed by atoms with E-state index in [9.17, 15) is 53.9 Å². The van der Waals surface area contributed by atoms with E-state index in [4.69, 9.17) is 5.73 Å². The maximum absolute atomic E-state index is 13.2. The first-order chi connectivity index (χ1) is 29.6. The number of carbonyl (C=O) groups is 1. The highest BCUT2D eigenvalue weighted by Crippen LogP contribution is 2.42. The Kier molecular flexibility index (Phi) is 11.6. The van der Waals surface area contributed by atoms with Crippen LogP contribution in [0.4, 0.5) is 39.8 Å². The fourth-order valence-electron chi connectivity index (χ4n) is 6.13. The van der Waals surface area contributed by atoms with Gasteiger partial charge in [-0.1, -0.05) is 12.1 Å². The molecule has 0 unspecified atom stereocenters. The van der Waals surface area contributed by atoms with E-state index in [0.717, 1.165) is 12.1 Å². The van der Waals surface area contributed by atoms with Crippen LogP contribution in [-0.4, -0.2) is 60.9 Å². The Balaban J connectivity index is 1.08. The SMILES string of the molecule is Cc1ccc(NC(=O)c2ccc(N=Nc3c(S(=O)(=O)O)cc4cc(N=C(O)c5ccc(N)cc5)ccc4c3O)cc2)cc1N=Nc1ccc2cc(S(=O)(=O)O)cc(S(=O)(=O)O)c2c1. The van der Waals surface area contributed by atoms with Crippen LogP contribution in [0.2, 0.25) is 0 Å². The van der Waals surface area contributed by atoms with Crippen molar-refractivity contribution in [3.8, 4) is 5.75 Å². The summed E-state index contributed by atoms with van der Waals surface area (Å²) in [4.78, 5) is 15.1. The van der Waals surface area contributed by atoms with Crippen LogP contribution in [0, 0.1) is 6.92 Å². The van der Waals surface area contributed by atoms with Gasteiger partial charge in [0.05, 0.1) is 27.6 Å². The Hall–Kier alpha value is -7.47. The molecule has 19 nitrogen and oxygen atoms in total. The zero-order valence-electron chi connectivity index (χ0n) is 32.2. The number of nitrogens with two attached hydrogens (primary N) is 1. The van der Waals surface area contributed by atoms with Gasteiger partial charge >= 0.3 is 0 Å². The number of benzene rings is 7. The van der Waals surface area contributed by atoms with Crippen LogP contribution < -0.4 is 11.1 Å². The Bertz CT molecular complexity index is 3450. The second kappa shape index (κ2) is 16.8. The normalized spacial score (nSPS) is 12.7. The molecule has 0 spiro atoms. The molecule has 1 amide bonds. The van der Waals surface area contributed by atoms with Gasteiger partial charge < -0.3 is 21.3 Å². The van der Waals surface area contributed by atoms with Crippen molar-refractivity contribution in [1.82, 2.24) is 0 Å². The minimum atomic E-state index is -4.95. The van der Waals surface area contributed by atoms with Crippen LogP contribution in [0.15, 0.2) is 161 Å². The summed E-state index contributed by atoms with van der Waals surface area (Å²) in [6.07, 6.45) is 0. The minimum absolute atomic E-state index is 0.0701. The number of nitrogens with zero attached hydrogens (tertiary/aromatic N) is 5. The lowest BCUT2D eigenvalue weighted by Gasteiger charge is -2.10. The number of aliphatic hydroxyl groups is 1. The molecule has 7 rings (SSSR count). The largest absolute Gasteiger partial charge is 0.505 e. The zero-order valence-corrected chi connectivity index (χ0v) is 34.6. The Morgan fingerprint density at radius 2 is 1.22 bits per heavy atom. The number of aliphatic hydroxyl groups excluding tert-OH is 1. The fraction of sp³-hybridized carbons (Fsp3) is 0.0244. The number of hydrogen-bond acceptors (Lipinski definition) is 14. The number of nitrogens with one attached hydrogen (secondary N) is 1. The number of aromatic hydroxyl groups is 1. The van der Waals surface area contributed by atoms with Gasteiger partial charge in [0.25, 0.3) is 36.3 Å². The predicted octanol–water partition coefficient (Wildman–Crippen LogP) is 9.05. The van der Waals surface area contributed by atoms with Gasteiger partial charge in [0.15, 0.2) is 5.75 Å². The molecule has 0 saturated heterocycles. The van der Waals surface area contributed by atoms with Gasteiger partial charge in [0, 0.05) is 33.3 Å². The highest BCUT2D eigenvalue weighted by atomic mass is 32.2. The molecule has 320 valence electrons. The van der Waals surface area contributed by atoms with Crippen molar-refractivity contribution in [2.75, 3.05) is 11.1 Å². The first-order valence-electron chi connectivity index (χ1n) is 17.9. The molecule has 0 atom stereocenters. The van der Waals surface area contributed by atoms with Crippen molar-refractivity contribution in [2.45, 2.75) is 21.6 Å². The smallest absolute Gasteiger partial charge is 0.296 e. The summed E-state index contributed by atoms with van der Waals surface area (Å²) in [7, 11) is -14.7. The third kappa shape index (κ3) is 9.86. The van der Waals surface area contributed by atoms with E-state index in [1.54, 1.807) is 43.3 Å². The molecule has 0 fully saturated rings. The van der Waals surface area contributed by atoms with Crippen LogP contribution >= 0.6 is 0 Å². The van der Waals surface area contributed by atoms with Gasteiger partial charge in [-0.25, -0.2) is 4.99 Å². The average molecular weight is 910 g/mol. The molecule has 7 aromatic rings. The molecular formula is C41H31N7O12S3. The zero-order chi connectivity index (χ0) is 45.4. The van der Waals surface area contributed by atoms with Crippen LogP contribution in [0.1, 0.15) is 21.5 Å². The molecule has 0 aliphatic heterocycles. The highest BCUT2D eigenvalue weighted by Gasteiger charge is 2.23. The van der Waals surface area contributed by atoms with E-state index in [1.165, 1.54) is 66.7 Å². The molecule has 0 aliphatic rings. The van der Waals surface area contributed by atoms with Crippen molar-refractivity contribution >= 4 is 104 Å². The quantitative estimate of drug-likeness (QED) is 0.0210. The molecule has 7 aromatic carbocycles. The van der Waals surface area contributed by atoms with Gasteiger partial charge in [-0.15, -0.1) is 5.11 Å². The third-order valence-electron chi connectivity index (χ3n) is 9.30. The molecule has 8 N–H and O–H groups in total. The summed E-state index contributed by atoms with van der Waals surface area (Å²) in [5.74, 6) is -1.51. The number of amides is 1. The summed E-state index contributed by atoms with van der Waals surface area (Å²) in [6, 6.07) is 27.6. The molecule has 63 heavy (non-hydrogen) atoms. The van der Waals surface area contributed by atoms with Gasteiger partial charge in [-0.05, 0) is 132 Å². The number of aliphatic imine (C=N–C) groups is 1. The second-order valence-corrected chi connectivity index (χ2v) is 17.9. The number of rotatable bonds is 11. The van der Waals surface area contributed by atoms with Gasteiger partial charge in [0.2, 0.25) is 5.90 Å². The fourth-order valence-corrected chi connectivity index (χ4v) is 8.13. The number of hydrogen-bond donors (Lipinski definition) is 7. The summed E-state index contributed by atoms with van der Waals surface area (Å²) in [5.41, 5.74) is 7.89. The molecule has 0 aromatic heterocycles. The van der Waals surface area contributed by atoms with E-state index in [2.05, 4.69) is 30.8 Å². The van der Waals surface area contributed by atoms with E-state index in [0.29, 0.717) is 34.3 Å². The van der Waals surface area contributed by atoms with Crippen molar-refractivity contribution in [3.05, 3.63) is 138 Å². The Morgan fingerprint density at radius 1 is 0.587 bits per heavy atom. The summed E-state index contributed by atoms with van der Waals surface area (Å²) >= 11 is 0. The summed E-state index contributed by atoms with van der Waals surface area (Å²) in [6.45, 7) is 1.72. The molecular weight excluding hydrogens is 879 g/mol. The van der Waals surface area contributed by atoms with Crippen LogP contribution in [0.25, 0.3) is 21.5 Å². The molecule has 0 aliphatic carbocycles. The van der Waals surface area contributed by atoms with Crippen molar-refractivity contribution in [2.24, 2.45) is 25.4 Å². The second-order valence-electron chi connectivity index (χ2n) is 13.7. The number of nitrogen functional groups attached to an aromatic ring is 1. The van der Waals surface area contributed by atoms with Gasteiger partial charge in [0.1, 0.15) is 15.5 Å². The number of carbonyl (C=O) groups excluding carboxylic acids is 1. The van der Waals surface area contributed by atoms with Gasteiger partial charge in [-0.3, -0.25) is 18.5 Å². The van der Waals surface area contributed by atoms with Crippen LogP contribution in [0.3, 0.4) is 0 Å². The molecule has 0 heterocycles. The predicted molar refractivity (Wildman–Crippen MR) is 233 cm³/mol. The summed E-state index contributed by atoms with van der Waals surface area (Å²) < 4.78 is 102. The van der Waals surface area contributed by atoms with Crippen molar-refractivity contribution in [3.63, 3.8) is 0 Å². The number of fused-ring (bicyclic) bond motifs is 2. The number of phenols is 1. The number of aryl methyl sites for hydroxylation is 1. The first-order valence-corrected chi connectivity index (χ1v) is 22.3. The standard InChI is InChI=1S/C41H31N7O12S3/c1-22-2-10-30(20-35(22)47-46-31-13-7-25-17-32(61(52,53)54)21-36(34(25)19-31)62(55,56)57)44-41(51)24-5-11-28(12-6-24)45-48-38-37(63(58,59)60)18-26-16-29(14-15-33(26)39(38)49)43-40(50)23-3-8-27(42)9-4-23/h2-21,49H,42H2,1H3,(H,43,50)(H,44,51)(H,52,53,54)(H,55,56,57)(H,58,59,60). The Labute approximate surface area is 357 Å². The monoisotopic (exact) mass is 909 g/mol. The minimum Gasteiger partial charge on any atom is -0.505 e. The van der Waals surface area contributed by atoms with Gasteiger partial charge in [-0.2, -0.15) is 40.6 Å². The Morgan fingerprint density at radius 3 is 1.89 bits per heavy atom. The van der Waals surface area contributed by atoms with E-state index >= 15 is 0 Å². The van der Waals surface area contributed by atoms with Crippen LogP contribution in [0.5, 0.6) is 5.75 Å². The molecule has 0 saturated carbocycles. The van der Waals surface area contributed by atoms with E-state index in [1.807, 2.05) is 0 Å². The maximum Gasteiger partial charge on any atom is 0.296 e. The average Bonchev–Trinajstić information content (AvgIpc) is 3.22. The third-order valence-corrected chi connectivity index (χ3v) is 11.9. The van der Waals surface area contributed by atoms with E-state index in [-0.39, 0.29) is 50.1 Å². The van der Waals surface area contributed by atoms with E-state index < -0.39 is 62.4 Å². The number of phenolic OH excluding ortho intramolecular Hbond substituents is 1. The topological polar surface area (TPSA) is 320 Å². The lowest BCUT2D eigenvalue weighted by molar-refractivity contribution is 0.102. The van der Waals surface area contributed by atoms with Crippen molar-refractivity contribution in [1.29, 1.82) is 0 Å². The molecule has 0 bridgehead atoms.